The zero-order chi connectivity index (χ0) is 15.4. The van der Waals surface area contributed by atoms with E-state index < -0.39 is 6.10 Å². The van der Waals surface area contributed by atoms with Gasteiger partial charge in [0.1, 0.15) is 0 Å². The standard InChI is InChI=1S/C16H24N2O3/c1-12(17(2)10-14(19)11-21-3)16(20)18-9-8-13-6-4-5-7-15(13)18/h4-7,12,14,19H,8-11H2,1-3H3. The summed E-state index contributed by atoms with van der Waals surface area (Å²) in [6.07, 6.45) is 0.325. The molecule has 0 aromatic heterocycles. The number of para-hydroxylation sites is 1. The summed E-state index contributed by atoms with van der Waals surface area (Å²) < 4.78 is 4.92. The molecule has 0 fully saturated rings. The molecule has 2 atom stereocenters. The molecule has 0 radical (unpaired) electrons. The van der Waals surface area contributed by atoms with E-state index >= 15 is 0 Å². The van der Waals surface area contributed by atoms with Gasteiger partial charge in [-0.25, -0.2) is 0 Å². The lowest BCUT2D eigenvalue weighted by molar-refractivity contribution is -0.123. The van der Waals surface area contributed by atoms with Crippen molar-refractivity contribution in [1.82, 2.24) is 4.90 Å². The van der Waals surface area contributed by atoms with Crippen LogP contribution in [0.5, 0.6) is 0 Å². The molecule has 5 nitrogen and oxygen atoms in total. The molecule has 1 aromatic rings. The maximum Gasteiger partial charge on any atom is 0.244 e. The van der Waals surface area contributed by atoms with Crippen LogP contribution in [0.4, 0.5) is 5.69 Å². The zero-order valence-electron chi connectivity index (χ0n) is 13.0. The number of rotatable bonds is 6. The van der Waals surface area contributed by atoms with Crippen LogP contribution in [0.1, 0.15) is 12.5 Å². The lowest BCUT2D eigenvalue weighted by Crippen LogP contribution is -2.47. The number of anilines is 1. The first-order valence-electron chi connectivity index (χ1n) is 7.31. The third-order valence-electron chi connectivity index (χ3n) is 4.03. The van der Waals surface area contributed by atoms with Crippen LogP contribution in [-0.4, -0.2) is 61.9 Å². The van der Waals surface area contributed by atoms with E-state index in [1.807, 2.05) is 42.0 Å². The summed E-state index contributed by atoms with van der Waals surface area (Å²) in [5, 5.41) is 9.78. The van der Waals surface area contributed by atoms with Gasteiger partial charge in [-0.15, -0.1) is 0 Å². The van der Waals surface area contributed by atoms with Gasteiger partial charge in [-0.2, -0.15) is 0 Å². The fraction of sp³-hybridized carbons (Fsp3) is 0.562. The second-order valence-corrected chi connectivity index (χ2v) is 5.59. The van der Waals surface area contributed by atoms with Gasteiger partial charge < -0.3 is 14.7 Å². The van der Waals surface area contributed by atoms with Gasteiger partial charge >= 0.3 is 0 Å². The summed E-state index contributed by atoms with van der Waals surface area (Å²) in [6, 6.07) is 7.75. The van der Waals surface area contributed by atoms with Gasteiger partial charge in [-0.1, -0.05) is 18.2 Å². The number of carbonyl (C=O) groups is 1. The molecule has 1 aliphatic heterocycles. The van der Waals surface area contributed by atoms with E-state index in [1.165, 1.54) is 5.56 Å². The number of hydrogen-bond acceptors (Lipinski definition) is 4. The van der Waals surface area contributed by atoms with Crippen molar-refractivity contribution in [2.24, 2.45) is 0 Å². The van der Waals surface area contributed by atoms with Gasteiger partial charge in [-0.05, 0) is 32.0 Å². The van der Waals surface area contributed by atoms with Crippen molar-refractivity contribution in [1.29, 1.82) is 0 Å². The molecule has 1 aliphatic rings. The monoisotopic (exact) mass is 292 g/mol. The predicted octanol–water partition coefficient (Wildman–Crippen LogP) is 0.903. The lowest BCUT2D eigenvalue weighted by Gasteiger charge is -2.29. The fourth-order valence-corrected chi connectivity index (χ4v) is 2.72. The van der Waals surface area contributed by atoms with E-state index in [0.29, 0.717) is 6.54 Å². The van der Waals surface area contributed by atoms with Gasteiger partial charge in [0.25, 0.3) is 0 Å². The van der Waals surface area contributed by atoms with Crippen LogP contribution in [0.25, 0.3) is 0 Å². The molecular formula is C16H24N2O3. The first-order chi connectivity index (χ1) is 10.0. The molecular weight excluding hydrogens is 268 g/mol. The van der Waals surface area contributed by atoms with Crippen LogP contribution < -0.4 is 4.90 Å². The average molecular weight is 292 g/mol. The summed E-state index contributed by atoms with van der Waals surface area (Å²) in [6.45, 7) is 3.30. The highest BCUT2D eigenvalue weighted by atomic mass is 16.5. The number of likely N-dealkylation sites (N-methyl/N-ethyl adjacent to an activating group) is 1. The minimum Gasteiger partial charge on any atom is -0.389 e. The number of carbonyl (C=O) groups excluding carboxylic acids is 1. The maximum absolute atomic E-state index is 12.7. The summed E-state index contributed by atoms with van der Waals surface area (Å²) in [5.41, 5.74) is 2.24. The number of fused-ring (bicyclic) bond motifs is 1. The lowest BCUT2D eigenvalue weighted by atomic mass is 10.2. The molecule has 1 aromatic carbocycles. The SMILES string of the molecule is COCC(O)CN(C)C(C)C(=O)N1CCc2ccccc21. The Bertz CT molecular complexity index is 492. The summed E-state index contributed by atoms with van der Waals surface area (Å²) in [5.74, 6) is 0.0760. The minimum atomic E-state index is -0.582. The van der Waals surface area contributed by atoms with Crippen molar-refractivity contribution < 1.29 is 14.6 Å². The van der Waals surface area contributed by atoms with Crippen molar-refractivity contribution in [2.75, 3.05) is 38.8 Å². The molecule has 1 amide bonds. The minimum absolute atomic E-state index is 0.0760. The first-order valence-corrected chi connectivity index (χ1v) is 7.31. The molecule has 2 rings (SSSR count). The number of aliphatic hydroxyl groups is 1. The number of hydrogen-bond donors (Lipinski definition) is 1. The maximum atomic E-state index is 12.7. The van der Waals surface area contributed by atoms with Gasteiger partial charge in [0, 0.05) is 25.9 Å². The van der Waals surface area contributed by atoms with Crippen molar-refractivity contribution in [3.63, 3.8) is 0 Å². The quantitative estimate of drug-likeness (QED) is 0.846. The van der Waals surface area contributed by atoms with E-state index in [1.54, 1.807) is 7.11 Å². The Hall–Kier alpha value is -1.43. The number of methoxy groups -OCH3 is 1. The molecule has 5 heteroatoms. The molecule has 1 N–H and O–H groups in total. The Morgan fingerprint density at radius 1 is 1.48 bits per heavy atom. The van der Waals surface area contributed by atoms with Crippen LogP contribution in [0.2, 0.25) is 0 Å². The number of aliphatic hydroxyl groups excluding tert-OH is 1. The van der Waals surface area contributed by atoms with Crippen LogP contribution >= 0.6 is 0 Å². The van der Waals surface area contributed by atoms with E-state index in [4.69, 9.17) is 4.74 Å². The molecule has 1 heterocycles. The molecule has 0 bridgehead atoms. The molecule has 21 heavy (non-hydrogen) atoms. The highest BCUT2D eigenvalue weighted by Crippen LogP contribution is 2.28. The molecule has 0 saturated carbocycles. The second-order valence-electron chi connectivity index (χ2n) is 5.59. The van der Waals surface area contributed by atoms with Crippen LogP contribution in [0, 0.1) is 0 Å². The van der Waals surface area contributed by atoms with E-state index in [9.17, 15) is 9.90 Å². The molecule has 2 unspecified atom stereocenters. The Balaban J connectivity index is 2.00. The zero-order valence-corrected chi connectivity index (χ0v) is 13.0. The molecule has 0 saturated heterocycles. The number of benzene rings is 1. The normalized spacial score (nSPS) is 16.9. The average Bonchev–Trinajstić information content (AvgIpc) is 2.89. The Labute approximate surface area is 126 Å². The van der Waals surface area contributed by atoms with Crippen molar-refractivity contribution >= 4 is 11.6 Å². The molecule has 0 spiro atoms. The van der Waals surface area contributed by atoms with Gasteiger partial charge in [-0.3, -0.25) is 9.69 Å². The van der Waals surface area contributed by atoms with E-state index in [2.05, 4.69) is 6.07 Å². The van der Waals surface area contributed by atoms with E-state index in [0.717, 1.165) is 18.7 Å². The number of nitrogens with zero attached hydrogens (tertiary/aromatic N) is 2. The Morgan fingerprint density at radius 3 is 2.90 bits per heavy atom. The van der Waals surface area contributed by atoms with Crippen LogP contribution in [-0.2, 0) is 16.0 Å². The van der Waals surface area contributed by atoms with Crippen molar-refractivity contribution in [2.45, 2.75) is 25.5 Å². The van der Waals surface area contributed by atoms with E-state index in [-0.39, 0.29) is 18.6 Å². The highest BCUT2D eigenvalue weighted by Gasteiger charge is 2.30. The first kappa shape index (κ1) is 15.9. The Kier molecular flexibility index (Phi) is 5.33. The largest absolute Gasteiger partial charge is 0.389 e. The van der Waals surface area contributed by atoms with Gasteiger partial charge in [0.05, 0.1) is 18.8 Å². The summed E-state index contributed by atoms with van der Waals surface area (Å²) in [4.78, 5) is 16.4. The topological polar surface area (TPSA) is 53.0 Å². The Morgan fingerprint density at radius 2 is 2.19 bits per heavy atom. The summed E-state index contributed by atoms with van der Waals surface area (Å²) >= 11 is 0. The molecule has 0 aliphatic carbocycles. The second kappa shape index (κ2) is 7.02. The van der Waals surface area contributed by atoms with Crippen LogP contribution in [0.15, 0.2) is 24.3 Å². The van der Waals surface area contributed by atoms with Crippen molar-refractivity contribution in [3.05, 3.63) is 29.8 Å². The fourth-order valence-electron chi connectivity index (χ4n) is 2.72. The third kappa shape index (κ3) is 3.61. The van der Waals surface area contributed by atoms with Gasteiger partial charge in [0.2, 0.25) is 5.91 Å². The van der Waals surface area contributed by atoms with Gasteiger partial charge in [0.15, 0.2) is 0 Å². The highest BCUT2D eigenvalue weighted by molar-refractivity contribution is 5.98. The number of amides is 1. The third-order valence-corrected chi connectivity index (χ3v) is 4.03. The van der Waals surface area contributed by atoms with Crippen LogP contribution in [0.3, 0.4) is 0 Å². The smallest absolute Gasteiger partial charge is 0.244 e. The number of ether oxygens (including phenoxy) is 1. The summed E-state index contributed by atoms with van der Waals surface area (Å²) in [7, 11) is 3.41. The molecule has 116 valence electrons. The predicted molar refractivity (Wildman–Crippen MR) is 82.5 cm³/mol. The van der Waals surface area contributed by atoms with Crippen molar-refractivity contribution in [3.8, 4) is 0 Å².